The zero-order valence-corrected chi connectivity index (χ0v) is 17.0. The van der Waals surface area contributed by atoms with E-state index in [0.29, 0.717) is 23.0 Å². The zero-order valence-electron chi connectivity index (χ0n) is 17.0. The highest BCUT2D eigenvalue weighted by molar-refractivity contribution is 5.82. The molecule has 0 fully saturated rings. The maximum absolute atomic E-state index is 12.4. The molecule has 6 heteroatoms. The Labute approximate surface area is 165 Å². The fourth-order valence-electron chi connectivity index (χ4n) is 3.92. The average Bonchev–Trinajstić information content (AvgIpc) is 2.96. The quantitative estimate of drug-likeness (QED) is 0.823. The number of methoxy groups -OCH3 is 4. The number of hydrogen-bond acceptors (Lipinski definition) is 6. The largest absolute Gasteiger partial charge is 0.493 e. The SMILES string of the molecule is CCN[C@H]1CCc2cc(OC)c(OC)c(OC)c2-c2ccc(=O)c(OC)cc21. The van der Waals surface area contributed by atoms with Crippen molar-refractivity contribution in [2.24, 2.45) is 0 Å². The van der Waals surface area contributed by atoms with Gasteiger partial charge in [0, 0.05) is 11.6 Å². The molecular weight excluding hydrogens is 358 g/mol. The molecule has 6 nitrogen and oxygen atoms in total. The number of aryl methyl sites for hydroxylation is 1. The lowest BCUT2D eigenvalue weighted by molar-refractivity contribution is 0.324. The van der Waals surface area contributed by atoms with Crippen LogP contribution in [-0.4, -0.2) is 35.0 Å². The lowest BCUT2D eigenvalue weighted by Crippen LogP contribution is -2.21. The molecular formula is C22H27NO5. The third-order valence-corrected chi connectivity index (χ3v) is 5.17. The van der Waals surface area contributed by atoms with Gasteiger partial charge in [-0.1, -0.05) is 6.92 Å². The van der Waals surface area contributed by atoms with E-state index in [2.05, 4.69) is 12.2 Å². The van der Waals surface area contributed by atoms with Crippen molar-refractivity contribution in [3.63, 3.8) is 0 Å². The summed E-state index contributed by atoms with van der Waals surface area (Å²) in [5, 5.41) is 3.53. The molecule has 2 aromatic carbocycles. The number of nitrogens with one attached hydrogen (secondary N) is 1. The summed E-state index contributed by atoms with van der Waals surface area (Å²) in [4.78, 5) is 12.4. The minimum absolute atomic E-state index is 0.0785. The molecule has 1 N–H and O–H groups in total. The van der Waals surface area contributed by atoms with Gasteiger partial charge in [0.1, 0.15) is 0 Å². The summed E-state index contributed by atoms with van der Waals surface area (Å²) in [6.07, 6.45) is 1.70. The summed E-state index contributed by atoms with van der Waals surface area (Å²) >= 11 is 0. The van der Waals surface area contributed by atoms with Gasteiger partial charge >= 0.3 is 0 Å². The van der Waals surface area contributed by atoms with Crippen LogP contribution in [0.5, 0.6) is 23.0 Å². The molecule has 1 atom stereocenters. The predicted molar refractivity (Wildman–Crippen MR) is 109 cm³/mol. The molecule has 0 heterocycles. The van der Waals surface area contributed by atoms with Crippen LogP contribution in [0.3, 0.4) is 0 Å². The molecule has 28 heavy (non-hydrogen) atoms. The molecule has 0 saturated carbocycles. The number of rotatable bonds is 6. The monoisotopic (exact) mass is 385 g/mol. The Morgan fingerprint density at radius 3 is 2.29 bits per heavy atom. The van der Waals surface area contributed by atoms with E-state index in [1.54, 1.807) is 27.4 Å². The van der Waals surface area contributed by atoms with Gasteiger partial charge < -0.3 is 24.3 Å². The predicted octanol–water partition coefficient (Wildman–Crippen LogP) is 3.35. The zero-order chi connectivity index (χ0) is 20.3. The molecule has 2 aromatic rings. The number of ether oxygens (including phenoxy) is 4. The van der Waals surface area contributed by atoms with E-state index < -0.39 is 0 Å². The van der Waals surface area contributed by atoms with E-state index in [1.165, 1.54) is 7.11 Å². The second-order valence-corrected chi connectivity index (χ2v) is 6.61. The molecule has 0 radical (unpaired) electrons. The molecule has 0 amide bonds. The minimum atomic E-state index is -0.160. The first kappa shape index (κ1) is 20.0. The molecule has 0 bridgehead atoms. The van der Waals surface area contributed by atoms with Crippen LogP contribution in [-0.2, 0) is 6.42 Å². The van der Waals surface area contributed by atoms with Gasteiger partial charge in [0.2, 0.25) is 11.2 Å². The van der Waals surface area contributed by atoms with Gasteiger partial charge in [0.05, 0.1) is 28.4 Å². The van der Waals surface area contributed by atoms with Crippen molar-refractivity contribution in [1.82, 2.24) is 5.32 Å². The summed E-state index contributed by atoms with van der Waals surface area (Å²) in [6.45, 7) is 2.89. The van der Waals surface area contributed by atoms with Crippen LogP contribution in [0.25, 0.3) is 11.1 Å². The molecule has 0 spiro atoms. The Bertz CT molecular complexity index is 926. The normalized spacial score (nSPS) is 15.1. The summed E-state index contributed by atoms with van der Waals surface area (Å²) in [7, 11) is 6.34. The number of hydrogen-bond donors (Lipinski definition) is 1. The van der Waals surface area contributed by atoms with Crippen molar-refractivity contribution in [2.45, 2.75) is 25.8 Å². The van der Waals surface area contributed by atoms with Gasteiger partial charge in [-0.25, -0.2) is 0 Å². The summed E-state index contributed by atoms with van der Waals surface area (Å²) < 4.78 is 22.2. The van der Waals surface area contributed by atoms with E-state index in [0.717, 1.165) is 41.6 Å². The van der Waals surface area contributed by atoms with Gasteiger partial charge in [-0.2, -0.15) is 0 Å². The van der Waals surface area contributed by atoms with Crippen molar-refractivity contribution < 1.29 is 18.9 Å². The highest BCUT2D eigenvalue weighted by atomic mass is 16.5. The maximum atomic E-state index is 12.4. The van der Waals surface area contributed by atoms with E-state index in [1.807, 2.05) is 18.2 Å². The fourth-order valence-corrected chi connectivity index (χ4v) is 3.92. The van der Waals surface area contributed by atoms with Gasteiger partial charge in [-0.05, 0) is 60.3 Å². The first-order valence-corrected chi connectivity index (χ1v) is 9.37. The van der Waals surface area contributed by atoms with Gasteiger partial charge in [-0.15, -0.1) is 0 Å². The topological polar surface area (TPSA) is 66.0 Å². The smallest absolute Gasteiger partial charge is 0.220 e. The molecule has 0 unspecified atom stereocenters. The summed E-state index contributed by atoms with van der Waals surface area (Å²) in [5.74, 6) is 2.10. The van der Waals surface area contributed by atoms with E-state index >= 15 is 0 Å². The van der Waals surface area contributed by atoms with Crippen LogP contribution in [0.15, 0.2) is 29.1 Å². The minimum Gasteiger partial charge on any atom is -0.493 e. The van der Waals surface area contributed by atoms with Gasteiger partial charge in [0.25, 0.3) is 0 Å². The van der Waals surface area contributed by atoms with E-state index in [-0.39, 0.29) is 11.5 Å². The Balaban J connectivity index is 2.42. The Morgan fingerprint density at radius 1 is 0.964 bits per heavy atom. The first-order valence-electron chi connectivity index (χ1n) is 9.37. The van der Waals surface area contributed by atoms with Gasteiger partial charge in [-0.3, -0.25) is 4.79 Å². The lowest BCUT2D eigenvalue weighted by Gasteiger charge is -2.20. The average molecular weight is 385 g/mol. The third-order valence-electron chi connectivity index (χ3n) is 5.17. The highest BCUT2D eigenvalue weighted by Gasteiger charge is 2.28. The molecule has 0 aliphatic heterocycles. The summed E-state index contributed by atoms with van der Waals surface area (Å²) in [5.41, 5.74) is 3.79. The van der Waals surface area contributed by atoms with Crippen molar-refractivity contribution in [2.75, 3.05) is 35.0 Å². The maximum Gasteiger partial charge on any atom is 0.220 e. The Kier molecular flexibility index (Phi) is 6.09. The van der Waals surface area contributed by atoms with Crippen molar-refractivity contribution >= 4 is 0 Å². The van der Waals surface area contributed by atoms with Crippen LogP contribution in [0.4, 0.5) is 0 Å². The van der Waals surface area contributed by atoms with Crippen LogP contribution >= 0.6 is 0 Å². The molecule has 150 valence electrons. The van der Waals surface area contributed by atoms with Crippen molar-refractivity contribution in [1.29, 1.82) is 0 Å². The van der Waals surface area contributed by atoms with E-state index in [9.17, 15) is 4.79 Å². The Morgan fingerprint density at radius 2 is 1.68 bits per heavy atom. The Hall–Kier alpha value is -2.73. The van der Waals surface area contributed by atoms with Gasteiger partial charge in [0.15, 0.2) is 17.2 Å². The van der Waals surface area contributed by atoms with Crippen LogP contribution in [0.1, 0.15) is 30.5 Å². The first-order chi connectivity index (χ1) is 13.6. The molecule has 0 aromatic heterocycles. The van der Waals surface area contributed by atoms with Crippen molar-refractivity contribution in [3.8, 4) is 34.1 Å². The second-order valence-electron chi connectivity index (χ2n) is 6.61. The molecule has 1 aliphatic carbocycles. The molecule has 0 saturated heterocycles. The molecule has 1 aliphatic rings. The summed E-state index contributed by atoms with van der Waals surface area (Å²) in [6, 6.07) is 7.32. The standard InChI is InChI=1S/C22H27NO5/c1-6-23-16-9-7-13-11-19(26-3)21(27-4)22(28-5)20(13)14-8-10-17(24)18(25-2)12-15(14)16/h8,10-12,16,23H,6-7,9H2,1-5H3/t16-/m0/s1. The molecule has 3 rings (SSSR count). The van der Waals surface area contributed by atoms with Crippen molar-refractivity contribution in [3.05, 3.63) is 45.6 Å². The lowest BCUT2D eigenvalue weighted by atomic mass is 9.95. The fraction of sp³-hybridized carbons (Fsp3) is 0.409. The number of fused-ring (bicyclic) bond motifs is 3. The number of benzene rings is 1. The van der Waals surface area contributed by atoms with Crippen LogP contribution in [0.2, 0.25) is 0 Å². The van der Waals surface area contributed by atoms with Crippen LogP contribution < -0.4 is 29.7 Å². The third kappa shape index (κ3) is 3.40. The second kappa shape index (κ2) is 8.52. The van der Waals surface area contributed by atoms with E-state index in [4.69, 9.17) is 18.9 Å². The highest BCUT2D eigenvalue weighted by Crippen LogP contribution is 2.50. The van der Waals surface area contributed by atoms with Crippen LogP contribution in [0, 0.1) is 0 Å².